The summed E-state index contributed by atoms with van der Waals surface area (Å²) in [5.41, 5.74) is -0.433. The molecule has 6 nitrogen and oxygen atoms in total. The van der Waals surface area contributed by atoms with Gasteiger partial charge in [-0.1, -0.05) is 12.1 Å². The van der Waals surface area contributed by atoms with Crippen LogP contribution in [0.25, 0.3) is 0 Å². The van der Waals surface area contributed by atoms with Gasteiger partial charge in [-0.25, -0.2) is 13.2 Å². The fourth-order valence-electron chi connectivity index (χ4n) is 2.83. The van der Waals surface area contributed by atoms with Crippen LogP contribution in [0.3, 0.4) is 0 Å². The highest BCUT2D eigenvalue weighted by Crippen LogP contribution is 2.30. The minimum atomic E-state index is -2.66. The third kappa shape index (κ3) is 3.40. The number of hydrogen-bond acceptors (Lipinski definition) is 4. The Morgan fingerprint density at radius 2 is 1.44 bits per heavy atom. The van der Waals surface area contributed by atoms with Crippen LogP contribution in [0.2, 0.25) is 0 Å². The number of imide groups is 1. The standard InChI is InChI=1S/C18H13F3N2O4/c19-14(9-22-17(24)12-3-1-2-4-13(12)18(22)25)16(21)15(20)10-5-7-11(8-6-10)23(26)27/h1-8,14-16H,9H2/t14-,15+,16+/m1/s1. The third-order valence-corrected chi connectivity index (χ3v) is 4.28. The fraction of sp³-hybridized carbons (Fsp3) is 0.222. The Bertz CT molecular complexity index is 869. The quantitative estimate of drug-likeness (QED) is 0.437. The summed E-state index contributed by atoms with van der Waals surface area (Å²) < 4.78 is 42.8. The molecule has 3 rings (SSSR count). The number of alkyl halides is 3. The summed E-state index contributed by atoms with van der Waals surface area (Å²) in [7, 11) is 0. The molecule has 0 spiro atoms. The van der Waals surface area contributed by atoms with Gasteiger partial charge in [0, 0.05) is 12.1 Å². The van der Waals surface area contributed by atoms with E-state index >= 15 is 0 Å². The molecular weight excluding hydrogens is 365 g/mol. The molecule has 3 atom stereocenters. The lowest BCUT2D eigenvalue weighted by Crippen LogP contribution is -2.40. The molecule has 0 fully saturated rings. The van der Waals surface area contributed by atoms with Crippen molar-refractivity contribution >= 4 is 17.5 Å². The van der Waals surface area contributed by atoms with Gasteiger partial charge in [-0.15, -0.1) is 0 Å². The molecule has 2 aromatic carbocycles. The van der Waals surface area contributed by atoms with Crippen molar-refractivity contribution in [2.45, 2.75) is 18.5 Å². The van der Waals surface area contributed by atoms with Gasteiger partial charge in [0.2, 0.25) is 0 Å². The van der Waals surface area contributed by atoms with Gasteiger partial charge in [0.25, 0.3) is 17.5 Å². The van der Waals surface area contributed by atoms with Crippen molar-refractivity contribution in [3.63, 3.8) is 0 Å². The average molecular weight is 378 g/mol. The number of non-ortho nitro benzene ring substituents is 1. The van der Waals surface area contributed by atoms with Crippen LogP contribution in [0.4, 0.5) is 18.9 Å². The molecular formula is C18H13F3N2O4. The molecule has 0 bridgehead atoms. The van der Waals surface area contributed by atoms with Gasteiger partial charge in [0.05, 0.1) is 22.6 Å². The van der Waals surface area contributed by atoms with E-state index in [2.05, 4.69) is 0 Å². The van der Waals surface area contributed by atoms with Crippen LogP contribution in [0.1, 0.15) is 32.5 Å². The van der Waals surface area contributed by atoms with Gasteiger partial charge >= 0.3 is 0 Å². The Hall–Kier alpha value is -3.23. The minimum absolute atomic E-state index is 0.0808. The fourth-order valence-corrected chi connectivity index (χ4v) is 2.83. The highest BCUT2D eigenvalue weighted by molar-refractivity contribution is 6.21. The SMILES string of the molecule is O=C1c2ccccc2C(=O)N1C[C@@H](F)[C@H](F)[C@@H](F)c1ccc([N+](=O)[O-])cc1. The second-order valence-electron chi connectivity index (χ2n) is 5.98. The first-order chi connectivity index (χ1) is 12.8. The number of rotatable bonds is 6. The Morgan fingerprint density at radius 1 is 0.926 bits per heavy atom. The van der Waals surface area contributed by atoms with Crippen LogP contribution >= 0.6 is 0 Å². The summed E-state index contributed by atoms with van der Waals surface area (Å²) in [5.74, 6) is -1.53. The van der Waals surface area contributed by atoms with Crippen molar-refractivity contribution < 1.29 is 27.7 Å². The summed E-state index contributed by atoms with van der Waals surface area (Å²) >= 11 is 0. The van der Waals surface area contributed by atoms with Gasteiger partial charge in [-0.2, -0.15) is 0 Å². The molecule has 27 heavy (non-hydrogen) atoms. The highest BCUT2D eigenvalue weighted by Gasteiger charge is 2.40. The Morgan fingerprint density at radius 3 is 1.93 bits per heavy atom. The highest BCUT2D eigenvalue weighted by atomic mass is 19.2. The molecule has 0 radical (unpaired) electrons. The van der Waals surface area contributed by atoms with E-state index in [4.69, 9.17) is 0 Å². The second-order valence-corrected chi connectivity index (χ2v) is 5.98. The van der Waals surface area contributed by atoms with Crippen LogP contribution in [0.5, 0.6) is 0 Å². The maximum atomic E-state index is 14.3. The first kappa shape index (κ1) is 18.6. The van der Waals surface area contributed by atoms with E-state index in [0.717, 1.165) is 24.3 Å². The summed E-state index contributed by atoms with van der Waals surface area (Å²) in [6.45, 7) is -0.930. The monoisotopic (exact) mass is 378 g/mol. The van der Waals surface area contributed by atoms with E-state index in [1.165, 1.54) is 24.3 Å². The van der Waals surface area contributed by atoms with E-state index in [0.29, 0.717) is 4.90 Å². The molecule has 0 aromatic heterocycles. The van der Waals surface area contributed by atoms with E-state index in [1.807, 2.05) is 0 Å². The van der Waals surface area contributed by atoms with Crippen molar-refractivity contribution in [3.05, 3.63) is 75.3 Å². The summed E-state index contributed by atoms with van der Waals surface area (Å²) in [5, 5.41) is 10.6. The predicted octanol–water partition coefficient (Wildman–Crippen LogP) is 3.58. The lowest BCUT2D eigenvalue weighted by atomic mass is 10.0. The molecule has 0 saturated heterocycles. The third-order valence-electron chi connectivity index (χ3n) is 4.28. The van der Waals surface area contributed by atoms with E-state index in [9.17, 15) is 32.9 Å². The first-order valence-corrected chi connectivity index (χ1v) is 7.93. The summed E-state index contributed by atoms with van der Waals surface area (Å²) in [4.78, 5) is 34.8. The topological polar surface area (TPSA) is 80.5 Å². The minimum Gasteiger partial charge on any atom is -0.271 e. The van der Waals surface area contributed by atoms with Gasteiger partial charge in [0.15, 0.2) is 18.5 Å². The van der Waals surface area contributed by atoms with Crippen LogP contribution in [-0.4, -0.2) is 40.5 Å². The zero-order valence-corrected chi connectivity index (χ0v) is 13.7. The Kier molecular flexibility index (Phi) is 4.93. The van der Waals surface area contributed by atoms with Crippen LogP contribution in [0.15, 0.2) is 48.5 Å². The van der Waals surface area contributed by atoms with Gasteiger partial charge in [-0.3, -0.25) is 24.6 Å². The van der Waals surface area contributed by atoms with Crippen molar-refractivity contribution in [1.29, 1.82) is 0 Å². The van der Waals surface area contributed by atoms with E-state index < -0.39 is 41.8 Å². The predicted molar refractivity (Wildman–Crippen MR) is 88.5 cm³/mol. The number of carbonyl (C=O) groups excluding carboxylic acids is 2. The molecule has 1 aliphatic rings. The van der Waals surface area contributed by atoms with Crippen LogP contribution in [0, 0.1) is 10.1 Å². The van der Waals surface area contributed by atoms with E-state index in [-0.39, 0.29) is 22.4 Å². The number of benzene rings is 2. The average Bonchev–Trinajstić information content (AvgIpc) is 2.92. The normalized spacial score (nSPS) is 16.8. The Labute approximate surface area is 151 Å². The number of nitro benzene ring substituents is 1. The van der Waals surface area contributed by atoms with Crippen molar-refractivity contribution in [3.8, 4) is 0 Å². The number of fused-ring (bicyclic) bond motifs is 1. The first-order valence-electron chi connectivity index (χ1n) is 7.93. The summed E-state index contributed by atoms with van der Waals surface area (Å²) in [6.07, 6.45) is -7.52. The number of nitrogens with zero attached hydrogens (tertiary/aromatic N) is 2. The maximum absolute atomic E-state index is 14.3. The molecule has 2 aromatic rings. The van der Waals surface area contributed by atoms with Crippen molar-refractivity contribution in [2.24, 2.45) is 0 Å². The van der Waals surface area contributed by atoms with E-state index in [1.54, 1.807) is 0 Å². The molecule has 0 aliphatic carbocycles. The maximum Gasteiger partial charge on any atom is 0.269 e. The van der Waals surface area contributed by atoms with Gasteiger partial charge in [0.1, 0.15) is 0 Å². The lowest BCUT2D eigenvalue weighted by molar-refractivity contribution is -0.384. The number of hydrogen-bond donors (Lipinski definition) is 0. The smallest absolute Gasteiger partial charge is 0.269 e. The number of amides is 2. The molecule has 140 valence electrons. The molecule has 0 N–H and O–H groups in total. The van der Waals surface area contributed by atoms with Crippen LogP contribution in [-0.2, 0) is 0 Å². The number of carbonyl (C=O) groups is 2. The molecule has 0 unspecified atom stereocenters. The number of nitro groups is 1. The Balaban J connectivity index is 1.70. The van der Waals surface area contributed by atoms with Crippen molar-refractivity contribution in [2.75, 3.05) is 6.54 Å². The van der Waals surface area contributed by atoms with Gasteiger partial charge in [-0.05, 0) is 29.8 Å². The van der Waals surface area contributed by atoms with Crippen LogP contribution < -0.4 is 0 Å². The zero-order chi connectivity index (χ0) is 19.7. The molecule has 1 heterocycles. The van der Waals surface area contributed by atoms with Gasteiger partial charge < -0.3 is 0 Å². The lowest BCUT2D eigenvalue weighted by Gasteiger charge is -2.22. The molecule has 9 heteroatoms. The number of halogens is 3. The van der Waals surface area contributed by atoms with Crippen molar-refractivity contribution in [1.82, 2.24) is 4.90 Å². The molecule has 0 saturated carbocycles. The summed E-state index contributed by atoms with van der Waals surface area (Å²) in [6, 6.07) is 9.79. The largest absolute Gasteiger partial charge is 0.271 e. The molecule has 1 aliphatic heterocycles. The zero-order valence-electron chi connectivity index (χ0n) is 13.7. The molecule has 2 amide bonds. The second kappa shape index (κ2) is 7.18.